The highest BCUT2D eigenvalue weighted by atomic mass is 16.2. The Morgan fingerprint density at radius 1 is 1.22 bits per heavy atom. The maximum atomic E-state index is 11.6. The molecule has 0 radical (unpaired) electrons. The molecule has 0 bridgehead atoms. The van der Waals surface area contributed by atoms with Gasteiger partial charge in [0.2, 0.25) is 0 Å². The molecule has 2 amide bonds. The third-order valence-corrected chi connectivity index (χ3v) is 2.09. The number of aromatic nitrogens is 3. The molecule has 92 valence electrons. The van der Waals surface area contributed by atoms with Gasteiger partial charge in [-0.3, -0.25) is 15.1 Å². The van der Waals surface area contributed by atoms with E-state index in [0.29, 0.717) is 5.69 Å². The van der Waals surface area contributed by atoms with E-state index in [2.05, 4.69) is 25.8 Å². The summed E-state index contributed by atoms with van der Waals surface area (Å²) in [6, 6.07) is 5.75. The van der Waals surface area contributed by atoms with E-state index in [-0.39, 0.29) is 11.4 Å². The molecular formula is C11H11N5O2. The molecule has 0 fully saturated rings. The van der Waals surface area contributed by atoms with Gasteiger partial charge < -0.3 is 5.32 Å². The largest absolute Gasteiger partial charge is 0.324 e. The van der Waals surface area contributed by atoms with Gasteiger partial charge in [-0.05, 0) is 25.1 Å². The third kappa shape index (κ3) is 3.14. The molecule has 2 rings (SSSR count). The molecule has 0 aliphatic carbocycles. The Bertz CT molecular complexity index is 585. The number of carbonyl (C=O) groups excluding carboxylic acids is 1. The van der Waals surface area contributed by atoms with Crippen LogP contribution in [0.1, 0.15) is 5.69 Å². The summed E-state index contributed by atoms with van der Waals surface area (Å²) in [5, 5.41) is 10.9. The van der Waals surface area contributed by atoms with Gasteiger partial charge in [-0.15, -0.1) is 0 Å². The normalized spacial score (nSPS) is 9.83. The maximum absolute atomic E-state index is 11.6. The lowest BCUT2D eigenvalue weighted by molar-refractivity contribution is 0.262. The van der Waals surface area contributed by atoms with Crippen LogP contribution in [0.15, 0.2) is 35.3 Å². The summed E-state index contributed by atoms with van der Waals surface area (Å²) in [4.78, 5) is 26.4. The number of nitrogens with zero attached hydrogens (tertiary/aromatic N) is 2. The third-order valence-electron chi connectivity index (χ3n) is 2.09. The van der Waals surface area contributed by atoms with Crippen LogP contribution in [-0.4, -0.2) is 21.2 Å². The Labute approximate surface area is 102 Å². The van der Waals surface area contributed by atoms with Crippen molar-refractivity contribution in [1.29, 1.82) is 0 Å². The number of anilines is 2. The van der Waals surface area contributed by atoms with Crippen molar-refractivity contribution in [1.82, 2.24) is 15.2 Å². The quantitative estimate of drug-likeness (QED) is 0.738. The van der Waals surface area contributed by atoms with Crippen LogP contribution in [0.5, 0.6) is 0 Å². The Morgan fingerprint density at radius 2 is 2.06 bits per heavy atom. The van der Waals surface area contributed by atoms with E-state index in [1.165, 1.54) is 12.1 Å². The number of rotatable bonds is 2. The van der Waals surface area contributed by atoms with Crippen molar-refractivity contribution in [3.8, 4) is 0 Å². The van der Waals surface area contributed by atoms with E-state index in [4.69, 9.17) is 0 Å². The second-order valence-corrected chi connectivity index (χ2v) is 3.57. The Morgan fingerprint density at radius 3 is 2.67 bits per heavy atom. The smallest absolute Gasteiger partial charge is 0.306 e. The van der Waals surface area contributed by atoms with Gasteiger partial charge in [-0.1, -0.05) is 0 Å². The fourth-order valence-corrected chi connectivity index (χ4v) is 1.23. The molecule has 0 aliphatic heterocycles. The average Bonchev–Trinajstić information content (AvgIpc) is 2.35. The van der Waals surface area contributed by atoms with Gasteiger partial charge in [0.15, 0.2) is 5.82 Å². The van der Waals surface area contributed by atoms with Crippen molar-refractivity contribution in [3.63, 3.8) is 0 Å². The second kappa shape index (κ2) is 5.09. The van der Waals surface area contributed by atoms with Crippen molar-refractivity contribution >= 4 is 17.5 Å². The molecule has 3 N–H and O–H groups in total. The van der Waals surface area contributed by atoms with Crippen molar-refractivity contribution in [2.24, 2.45) is 0 Å². The first-order chi connectivity index (χ1) is 8.63. The zero-order chi connectivity index (χ0) is 13.0. The summed E-state index contributed by atoms with van der Waals surface area (Å²) in [6.07, 6.45) is 1.55. The minimum absolute atomic E-state index is 0.257. The van der Waals surface area contributed by atoms with Gasteiger partial charge in [-0.2, -0.15) is 5.10 Å². The summed E-state index contributed by atoms with van der Waals surface area (Å²) >= 11 is 0. The van der Waals surface area contributed by atoms with E-state index in [9.17, 15) is 9.59 Å². The zero-order valence-electron chi connectivity index (χ0n) is 9.60. The van der Waals surface area contributed by atoms with Crippen LogP contribution < -0.4 is 16.2 Å². The summed E-state index contributed by atoms with van der Waals surface area (Å²) in [7, 11) is 0. The van der Waals surface area contributed by atoms with Crippen molar-refractivity contribution in [2.75, 3.05) is 10.6 Å². The Kier molecular flexibility index (Phi) is 3.33. The molecule has 0 atom stereocenters. The number of amides is 2. The Balaban J connectivity index is 1.98. The van der Waals surface area contributed by atoms with Crippen molar-refractivity contribution in [2.45, 2.75) is 6.92 Å². The molecule has 0 saturated carbocycles. The van der Waals surface area contributed by atoms with Gasteiger partial charge >= 0.3 is 6.03 Å². The second-order valence-electron chi connectivity index (χ2n) is 3.57. The first kappa shape index (κ1) is 11.8. The summed E-state index contributed by atoms with van der Waals surface area (Å²) in [6.45, 7) is 1.86. The molecule has 0 spiro atoms. The van der Waals surface area contributed by atoms with E-state index in [0.717, 1.165) is 5.69 Å². The number of aryl methyl sites for hydroxylation is 1. The molecule has 7 nitrogen and oxygen atoms in total. The van der Waals surface area contributed by atoms with Crippen molar-refractivity contribution in [3.05, 3.63) is 46.5 Å². The SMILES string of the molecule is Cc1ccc(NC(=O)Nc2ccc(=O)[nH]n2)cn1. The van der Waals surface area contributed by atoms with Crippen molar-refractivity contribution < 1.29 is 4.79 Å². The average molecular weight is 245 g/mol. The number of hydrogen-bond acceptors (Lipinski definition) is 4. The summed E-state index contributed by atoms with van der Waals surface area (Å²) in [5.41, 5.74) is 1.11. The van der Waals surface area contributed by atoms with Crippen LogP contribution >= 0.6 is 0 Å². The fraction of sp³-hybridized carbons (Fsp3) is 0.0909. The predicted molar refractivity (Wildman–Crippen MR) is 66.5 cm³/mol. The highest BCUT2D eigenvalue weighted by Gasteiger charge is 2.03. The molecule has 2 aromatic rings. The van der Waals surface area contributed by atoms with Gasteiger partial charge in [0, 0.05) is 11.8 Å². The highest BCUT2D eigenvalue weighted by Crippen LogP contribution is 2.06. The molecule has 0 saturated heterocycles. The van der Waals surface area contributed by atoms with E-state index in [1.54, 1.807) is 18.3 Å². The standard InChI is InChI=1S/C11H11N5O2/c1-7-2-3-8(6-12-7)13-11(18)14-9-4-5-10(17)16-15-9/h2-6H,1H3,(H,16,17)(H2,13,14,15,18). The first-order valence-electron chi connectivity index (χ1n) is 5.20. The lowest BCUT2D eigenvalue weighted by atomic mass is 10.3. The maximum Gasteiger partial charge on any atom is 0.324 e. The fourth-order valence-electron chi connectivity index (χ4n) is 1.23. The van der Waals surface area contributed by atoms with Gasteiger partial charge in [0.25, 0.3) is 5.56 Å². The highest BCUT2D eigenvalue weighted by molar-refractivity contribution is 5.98. The minimum Gasteiger partial charge on any atom is -0.306 e. The predicted octanol–water partition coefficient (Wildman–Crippen LogP) is 1.12. The Hall–Kier alpha value is -2.70. The number of aromatic amines is 1. The first-order valence-corrected chi connectivity index (χ1v) is 5.20. The van der Waals surface area contributed by atoms with Gasteiger partial charge in [0.05, 0.1) is 11.9 Å². The van der Waals surface area contributed by atoms with Crippen LogP contribution in [-0.2, 0) is 0 Å². The van der Waals surface area contributed by atoms with Crippen LogP contribution in [0.25, 0.3) is 0 Å². The lowest BCUT2D eigenvalue weighted by Gasteiger charge is -2.06. The number of carbonyl (C=O) groups is 1. The number of nitrogens with one attached hydrogen (secondary N) is 3. The number of H-pyrrole nitrogens is 1. The van der Waals surface area contributed by atoms with E-state index >= 15 is 0 Å². The summed E-state index contributed by atoms with van der Waals surface area (Å²) in [5.74, 6) is 0.257. The van der Waals surface area contributed by atoms with Gasteiger partial charge in [-0.25, -0.2) is 9.89 Å². The number of urea groups is 1. The molecule has 0 aromatic carbocycles. The molecule has 0 unspecified atom stereocenters. The summed E-state index contributed by atoms with van der Waals surface area (Å²) < 4.78 is 0. The molecule has 2 heterocycles. The number of hydrogen-bond donors (Lipinski definition) is 3. The van der Waals surface area contributed by atoms with Crippen LogP contribution in [0.3, 0.4) is 0 Å². The lowest BCUT2D eigenvalue weighted by Crippen LogP contribution is -2.21. The van der Waals surface area contributed by atoms with E-state index < -0.39 is 6.03 Å². The molecule has 0 aliphatic rings. The zero-order valence-corrected chi connectivity index (χ0v) is 9.60. The molecule has 7 heteroatoms. The number of pyridine rings is 1. The molecule has 2 aromatic heterocycles. The minimum atomic E-state index is -0.458. The molecule has 18 heavy (non-hydrogen) atoms. The van der Waals surface area contributed by atoms with Gasteiger partial charge in [0.1, 0.15) is 0 Å². The topological polar surface area (TPSA) is 99.8 Å². The molecular weight excluding hydrogens is 234 g/mol. The van der Waals surface area contributed by atoms with E-state index in [1.807, 2.05) is 6.92 Å². The van der Waals surface area contributed by atoms with Crippen LogP contribution in [0, 0.1) is 6.92 Å². The van der Waals surface area contributed by atoms with Crippen LogP contribution in [0.4, 0.5) is 16.3 Å². The monoisotopic (exact) mass is 245 g/mol. The van der Waals surface area contributed by atoms with Crippen LogP contribution in [0.2, 0.25) is 0 Å².